The Kier molecular flexibility index (Phi) is 3.08. The van der Waals surface area contributed by atoms with Gasteiger partial charge < -0.3 is 10.2 Å². The van der Waals surface area contributed by atoms with Crippen molar-refractivity contribution in [2.24, 2.45) is 5.92 Å². The molecule has 2 heterocycles. The number of hydrogen-bond acceptors (Lipinski definition) is 3. The summed E-state index contributed by atoms with van der Waals surface area (Å²) in [6, 6.07) is 3.92. The highest BCUT2D eigenvalue weighted by Crippen LogP contribution is 2.18. The summed E-state index contributed by atoms with van der Waals surface area (Å²) in [6.45, 7) is 6.04. The maximum absolute atomic E-state index is 11.9. The minimum atomic E-state index is 0.0539. The highest BCUT2D eigenvalue weighted by molar-refractivity contribution is 5.78. The lowest BCUT2D eigenvalue weighted by atomic mass is 10.1. The summed E-state index contributed by atoms with van der Waals surface area (Å²) in [5, 5.41) is 3.24. The zero-order valence-electron chi connectivity index (χ0n) is 9.73. The zero-order chi connectivity index (χ0) is 11.5. The van der Waals surface area contributed by atoms with Gasteiger partial charge in [-0.15, -0.1) is 0 Å². The molecule has 16 heavy (non-hydrogen) atoms. The minimum absolute atomic E-state index is 0.0539. The number of rotatable bonds is 1. The van der Waals surface area contributed by atoms with Gasteiger partial charge in [-0.25, -0.2) is 4.98 Å². The molecule has 0 aromatic carbocycles. The van der Waals surface area contributed by atoms with E-state index in [0.717, 1.165) is 24.5 Å². The molecule has 1 aliphatic heterocycles. The molecule has 4 nitrogen and oxygen atoms in total. The van der Waals surface area contributed by atoms with Gasteiger partial charge in [0.05, 0.1) is 0 Å². The topological polar surface area (TPSA) is 45.2 Å². The minimum Gasteiger partial charge on any atom is -0.368 e. The van der Waals surface area contributed by atoms with E-state index in [4.69, 9.17) is 0 Å². The van der Waals surface area contributed by atoms with E-state index in [2.05, 4.69) is 10.3 Å². The van der Waals surface area contributed by atoms with Gasteiger partial charge in [0, 0.05) is 37.3 Å². The molecule has 4 heteroatoms. The number of hydrogen-bond donors (Lipinski definition) is 1. The summed E-state index contributed by atoms with van der Waals surface area (Å²) in [5.41, 5.74) is 1.09. The SMILES string of the molecule is CC(C)C(=O)N1CCNc2ncccc2C1. The van der Waals surface area contributed by atoms with Crippen LogP contribution >= 0.6 is 0 Å². The molecule has 86 valence electrons. The van der Waals surface area contributed by atoms with Gasteiger partial charge in [0.1, 0.15) is 5.82 Å². The van der Waals surface area contributed by atoms with Crippen LogP contribution < -0.4 is 5.32 Å². The predicted molar refractivity (Wildman–Crippen MR) is 63.0 cm³/mol. The van der Waals surface area contributed by atoms with E-state index in [1.807, 2.05) is 30.9 Å². The molecule has 0 saturated carbocycles. The van der Waals surface area contributed by atoms with Crippen molar-refractivity contribution in [2.75, 3.05) is 18.4 Å². The average molecular weight is 219 g/mol. The van der Waals surface area contributed by atoms with Crippen molar-refractivity contribution in [1.82, 2.24) is 9.88 Å². The van der Waals surface area contributed by atoms with E-state index in [0.29, 0.717) is 6.54 Å². The second kappa shape index (κ2) is 4.51. The summed E-state index contributed by atoms with van der Waals surface area (Å²) in [6.07, 6.45) is 1.77. The number of aromatic nitrogens is 1. The molecular formula is C12H17N3O. The first-order chi connectivity index (χ1) is 7.68. The lowest BCUT2D eigenvalue weighted by molar-refractivity contribution is -0.134. The Hall–Kier alpha value is -1.58. The van der Waals surface area contributed by atoms with Gasteiger partial charge in [-0.3, -0.25) is 4.79 Å². The van der Waals surface area contributed by atoms with Crippen LogP contribution in [0.25, 0.3) is 0 Å². The van der Waals surface area contributed by atoms with E-state index in [1.54, 1.807) is 6.20 Å². The summed E-state index contributed by atoms with van der Waals surface area (Å²) in [5.74, 6) is 1.17. The first-order valence-corrected chi connectivity index (χ1v) is 5.65. The second-order valence-corrected chi connectivity index (χ2v) is 4.35. The van der Waals surface area contributed by atoms with Crippen LogP contribution in [0.4, 0.5) is 5.82 Å². The van der Waals surface area contributed by atoms with Crippen LogP contribution in [0.1, 0.15) is 19.4 Å². The Morgan fingerprint density at radius 2 is 2.38 bits per heavy atom. The van der Waals surface area contributed by atoms with Crippen molar-refractivity contribution >= 4 is 11.7 Å². The Morgan fingerprint density at radius 3 is 3.12 bits per heavy atom. The number of carbonyl (C=O) groups is 1. The molecule has 0 fully saturated rings. The lowest BCUT2D eigenvalue weighted by Gasteiger charge is -2.22. The van der Waals surface area contributed by atoms with Crippen molar-refractivity contribution in [2.45, 2.75) is 20.4 Å². The van der Waals surface area contributed by atoms with Gasteiger partial charge in [0.2, 0.25) is 5.91 Å². The van der Waals surface area contributed by atoms with E-state index in [9.17, 15) is 4.79 Å². The normalized spacial score (nSPS) is 15.3. The maximum atomic E-state index is 11.9. The quantitative estimate of drug-likeness (QED) is 0.778. The third-order valence-electron chi connectivity index (χ3n) is 2.73. The number of nitrogens with zero attached hydrogens (tertiary/aromatic N) is 2. The van der Waals surface area contributed by atoms with Crippen molar-refractivity contribution < 1.29 is 4.79 Å². The Labute approximate surface area is 95.7 Å². The maximum Gasteiger partial charge on any atom is 0.225 e. The molecule has 1 aromatic rings. The van der Waals surface area contributed by atoms with Gasteiger partial charge in [-0.1, -0.05) is 19.9 Å². The lowest BCUT2D eigenvalue weighted by Crippen LogP contribution is -2.35. The third-order valence-corrected chi connectivity index (χ3v) is 2.73. The molecule has 1 amide bonds. The monoisotopic (exact) mass is 219 g/mol. The number of nitrogens with one attached hydrogen (secondary N) is 1. The van der Waals surface area contributed by atoms with Crippen LogP contribution in [-0.2, 0) is 11.3 Å². The van der Waals surface area contributed by atoms with Crippen molar-refractivity contribution in [3.63, 3.8) is 0 Å². The summed E-state index contributed by atoms with van der Waals surface area (Å²) in [7, 11) is 0. The summed E-state index contributed by atoms with van der Waals surface area (Å²) in [4.78, 5) is 18.1. The van der Waals surface area contributed by atoms with Crippen LogP contribution in [0.2, 0.25) is 0 Å². The van der Waals surface area contributed by atoms with E-state index in [1.165, 1.54) is 0 Å². The fourth-order valence-electron chi connectivity index (χ4n) is 1.87. The van der Waals surface area contributed by atoms with Crippen LogP contribution in [0.5, 0.6) is 0 Å². The Bertz CT molecular complexity index is 390. The molecule has 0 saturated heterocycles. The highest BCUT2D eigenvalue weighted by atomic mass is 16.2. The predicted octanol–water partition coefficient (Wildman–Crippen LogP) is 1.49. The molecule has 0 spiro atoms. The molecule has 0 radical (unpaired) electrons. The van der Waals surface area contributed by atoms with Crippen molar-refractivity contribution in [3.05, 3.63) is 23.9 Å². The van der Waals surface area contributed by atoms with Gasteiger partial charge >= 0.3 is 0 Å². The molecule has 0 bridgehead atoms. The summed E-state index contributed by atoms with van der Waals surface area (Å²) < 4.78 is 0. The third kappa shape index (κ3) is 2.15. The fourth-order valence-corrected chi connectivity index (χ4v) is 1.87. The van der Waals surface area contributed by atoms with Crippen LogP contribution in [0, 0.1) is 5.92 Å². The zero-order valence-corrected chi connectivity index (χ0v) is 9.73. The number of carbonyl (C=O) groups excluding carboxylic acids is 1. The van der Waals surface area contributed by atoms with Gasteiger partial charge in [-0.2, -0.15) is 0 Å². The number of pyridine rings is 1. The summed E-state index contributed by atoms with van der Waals surface area (Å²) >= 11 is 0. The molecule has 2 rings (SSSR count). The Balaban J connectivity index is 2.20. The van der Waals surface area contributed by atoms with Crippen LogP contribution in [-0.4, -0.2) is 28.9 Å². The average Bonchev–Trinajstić information content (AvgIpc) is 2.49. The molecule has 0 aliphatic carbocycles. The van der Waals surface area contributed by atoms with Gasteiger partial charge in [-0.05, 0) is 6.07 Å². The van der Waals surface area contributed by atoms with E-state index >= 15 is 0 Å². The van der Waals surface area contributed by atoms with Crippen LogP contribution in [0.15, 0.2) is 18.3 Å². The Morgan fingerprint density at radius 1 is 1.56 bits per heavy atom. The number of anilines is 1. The van der Waals surface area contributed by atoms with Crippen molar-refractivity contribution in [1.29, 1.82) is 0 Å². The standard InChI is InChI=1S/C12H17N3O/c1-9(2)12(16)15-7-6-14-11-10(8-15)4-3-5-13-11/h3-5,9H,6-8H2,1-2H3,(H,13,14). The van der Waals surface area contributed by atoms with Crippen molar-refractivity contribution in [3.8, 4) is 0 Å². The van der Waals surface area contributed by atoms with Gasteiger partial charge in [0.15, 0.2) is 0 Å². The highest BCUT2D eigenvalue weighted by Gasteiger charge is 2.20. The number of fused-ring (bicyclic) bond motifs is 1. The van der Waals surface area contributed by atoms with E-state index in [-0.39, 0.29) is 11.8 Å². The first-order valence-electron chi connectivity index (χ1n) is 5.65. The molecule has 0 unspecified atom stereocenters. The molecule has 0 atom stereocenters. The van der Waals surface area contributed by atoms with Crippen LogP contribution in [0.3, 0.4) is 0 Å². The molecule has 1 N–H and O–H groups in total. The fraction of sp³-hybridized carbons (Fsp3) is 0.500. The number of amides is 1. The molecule has 1 aliphatic rings. The molecule has 1 aromatic heterocycles. The molecular weight excluding hydrogens is 202 g/mol. The second-order valence-electron chi connectivity index (χ2n) is 4.35. The largest absolute Gasteiger partial charge is 0.368 e. The van der Waals surface area contributed by atoms with Gasteiger partial charge in [0.25, 0.3) is 0 Å². The van der Waals surface area contributed by atoms with E-state index < -0.39 is 0 Å². The first kappa shape index (κ1) is 10.9. The smallest absolute Gasteiger partial charge is 0.225 e.